The molecule has 0 amide bonds. The normalized spacial score (nSPS) is 19.8. The Bertz CT molecular complexity index is 1600. The van der Waals surface area contributed by atoms with Gasteiger partial charge in [0.1, 0.15) is 29.9 Å². The van der Waals surface area contributed by atoms with E-state index in [2.05, 4.69) is 44.6 Å². The summed E-state index contributed by atoms with van der Waals surface area (Å²) >= 11 is 1.68. The fraction of sp³-hybridized carbons (Fsp3) is 0.529. The molecule has 2 saturated heterocycles. The first kappa shape index (κ1) is 33.3. The number of rotatable bonds is 12. The third-order valence-electron chi connectivity index (χ3n) is 9.14. The second-order valence-corrected chi connectivity index (χ2v) is 12.4. The highest BCUT2D eigenvalue weighted by Gasteiger charge is 2.49. The molecule has 0 spiro atoms. The molecule has 1 aromatic carbocycles. The minimum atomic E-state index is -0.896. The number of nitrogens with one attached hydrogen (secondary N) is 1. The van der Waals surface area contributed by atoms with Gasteiger partial charge in [-0.05, 0) is 62.7 Å². The van der Waals surface area contributed by atoms with Gasteiger partial charge in [-0.3, -0.25) is 4.90 Å². The number of hydrogen-bond donors (Lipinski definition) is 1. The number of halogens is 3. The molecule has 45 heavy (non-hydrogen) atoms. The monoisotopic (exact) mass is 642 g/mol. The van der Waals surface area contributed by atoms with Crippen molar-refractivity contribution >= 4 is 34.2 Å². The van der Waals surface area contributed by atoms with Crippen LogP contribution in [0.15, 0.2) is 42.7 Å². The second kappa shape index (κ2) is 14.6. The average molecular weight is 643 g/mol. The van der Waals surface area contributed by atoms with E-state index in [1.165, 1.54) is 6.07 Å². The summed E-state index contributed by atoms with van der Waals surface area (Å²) in [6.07, 6.45) is 9.09. The summed E-state index contributed by atoms with van der Waals surface area (Å²) in [7, 11) is 0. The Kier molecular flexibility index (Phi) is 10.8. The van der Waals surface area contributed by atoms with Crippen LogP contribution in [0.5, 0.6) is 6.01 Å². The van der Waals surface area contributed by atoms with Crippen molar-refractivity contribution in [2.75, 3.05) is 44.4 Å². The van der Waals surface area contributed by atoms with Gasteiger partial charge in [0, 0.05) is 55.4 Å². The average Bonchev–Trinajstić information content (AvgIpc) is 3.76. The van der Waals surface area contributed by atoms with E-state index < -0.39 is 23.3 Å². The Hall–Kier alpha value is -3.02. The van der Waals surface area contributed by atoms with E-state index in [0.717, 1.165) is 32.2 Å². The smallest absolute Gasteiger partial charge is 0.319 e. The predicted molar refractivity (Wildman–Crippen MR) is 179 cm³/mol. The molecule has 244 valence electrons. The van der Waals surface area contributed by atoms with Gasteiger partial charge >= 0.3 is 6.01 Å². The van der Waals surface area contributed by atoms with Gasteiger partial charge in [-0.2, -0.15) is 9.97 Å². The van der Waals surface area contributed by atoms with Gasteiger partial charge in [0.15, 0.2) is 5.82 Å². The number of pyridine rings is 1. The van der Waals surface area contributed by atoms with Crippen molar-refractivity contribution in [1.29, 1.82) is 0 Å². The van der Waals surface area contributed by atoms with Crippen LogP contribution >= 0.6 is 11.9 Å². The number of aromatic nitrogens is 3. The molecule has 1 unspecified atom stereocenters. The molecule has 2 fully saturated rings. The van der Waals surface area contributed by atoms with Crippen LogP contribution in [-0.2, 0) is 0 Å². The van der Waals surface area contributed by atoms with Gasteiger partial charge in [-0.25, -0.2) is 17.5 Å². The number of alkyl halides is 1. The third kappa shape index (κ3) is 6.62. The summed E-state index contributed by atoms with van der Waals surface area (Å²) in [5.74, 6) is -1.15. The molecule has 0 aliphatic carbocycles. The standard InChI is InChI=1S/C32H39F3N6OS.C2H6/c1-4-22(5-2)41(43-3)16-12-36-30-24-17-25(34)27(23-9-6-13-39-14-7-10-26(23)39)28(35)29(24)37-31(38-30)42-20-32-11-8-15-40(32)19-21(33)18-32;1-2/h6-7,9-10,13-14,17,21-22H,4-5,8,11-12,15-16,18-20H2,1-3H3,(H,36,37,38);1-2H3/t21?,32-;/m0./s1. The molecule has 2 atom stereocenters. The van der Waals surface area contributed by atoms with Gasteiger partial charge in [0.2, 0.25) is 0 Å². The predicted octanol–water partition coefficient (Wildman–Crippen LogP) is 7.99. The maximum Gasteiger partial charge on any atom is 0.319 e. The number of ether oxygens (including phenoxy) is 1. The molecule has 4 aromatic rings. The van der Waals surface area contributed by atoms with Crippen molar-refractivity contribution in [3.05, 3.63) is 54.4 Å². The van der Waals surface area contributed by atoms with Crippen LogP contribution in [0.4, 0.5) is 19.0 Å². The molecular weight excluding hydrogens is 597 g/mol. The minimum Gasteiger partial charge on any atom is -0.461 e. The lowest BCUT2D eigenvalue weighted by Gasteiger charge is -2.30. The lowest BCUT2D eigenvalue weighted by Crippen LogP contribution is -2.43. The minimum absolute atomic E-state index is 0.00222. The van der Waals surface area contributed by atoms with E-state index in [4.69, 9.17) is 4.74 Å². The van der Waals surface area contributed by atoms with E-state index in [1.807, 2.05) is 42.8 Å². The zero-order valence-corrected chi connectivity index (χ0v) is 27.8. The van der Waals surface area contributed by atoms with Crippen molar-refractivity contribution in [1.82, 2.24) is 23.6 Å². The highest BCUT2D eigenvalue weighted by molar-refractivity contribution is 7.96. The molecule has 0 bridgehead atoms. The molecule has 11 heteroatoms. The zero-order valence-electron chi connectivity index (χ0n) is 27.0. The summed E-state index contributed by atoms with van der Waals surface area (Å²) in [6.45, 7) is 11.0. The fourth-order valence-electron chi connectivity index (χ4n) is 6.95. The summed E-state index contributed by atoms with van der Waals surface area (Å²) < 4.78 is 56.9. The van der Waals surface area contributed by atoms with Crippen molar-refractivity contribution in [2.45, 2.75) is 77.6 Å². The molecule has 6 rings (SSSR count). The highest BCUT2D eigenvalue weighted by Crippen LogP contribution is 2.41. The number of anilines is 1. The molecule has 2 aliphatic heterocycles. The van der Waals surface area contributed by atoms with E-state index in [-0.39, 0.29) is 29.1 Å². The lowest BCUT2D eigenvalue weighted by atomic mass is 9.95. The molecular formula is C34H45F3N6OS. The number of benzene rings is 1. The Balaban J connectivity index is 0.00000196. The highest BCUT2D eigenvalue weighted by atomic mass is 32.2. The Morgan fingerprint density at radius 1 is 1.16 bits per heavy atom. The maximum absolute atomic E-state index is 16.4. The van der Waals surface area contributed by atoms with Crippen molar-refractivity contribution in [3.63, 3.8) is 0 Å². The van der Waals surface area contributed by atoms with Crippen LogP contribution < -0.4 is 10.1 Å². The fourth-order valence-corrected chi connectivity index (χ4v) is 7.82. The van der Waals surface area contributed by atoms with Gasteiger partial charge in [0.05, 0.1) is 16.6 Å². The summed E-state index contributed by atoms with van der Waals surface area (Å²) in [5, 5.41) is 3.57. The van der Waals surface area contributed by atoms with Gasteiger partial charge in [-0.15, -0.1) is 0 Å². The first-order valence-electron chi connectivity index (χ1n) is 16.2. The zero-order chi connectivity index (χ0) is 32.1. The summed E-state index contributed by atoms with van der Waals surface area (Å²) in [6, 6.07) is 8.85. The van der Waals surface area contributed by atoms with Crippen LogP contribution in [0.25, 0.3) is 27.5 Å². The molecule has 0 saturated carbocycles. The Morgan fingerprint density at radius 3 is 2.64 bits per heavy atom. The quantitative estimate of drug-likeness (QED) is 0.157. The van der Waals surface area contributed by atoms with Crippen LogP contribution in [0.3, 0.4) is 0 Å². The first-order valence-corrected chi connectivity index (χ1v) is 17.4. The summed E-state index contributed by atoms with van der Waals surface area (Å²) in [4.78, 5) is 11.2. The van der Waals surface area contributed by atoms with Crippen molar-refractivity contribution in [2.24, 2.45) is 0 Å². The van der Waals surface area contributed by atoms with Gasteiger partial charge < -0.3 is 14.5 Å². The van der Waals surface area contributed by atoms with Crippen molar-refractivity contribution in [3.8, 4) is 17.1 Å². The molecule has 1 N–H and O–H groups in total. The van der Waals surface area contributed by atoms with E-state index in [0.29, 0.717) is 49.0 Å². The molecule has 5 heterocycles. The van der Waals surface area contributed by atoms with Gasteiger partial charge in [-0.1, -0.05) is 45.7 Å². The van der Waals surface area contributed by atoms with Crippen LogP contribution in [0, 0.1) is 11.6 Å². The Morgan fingerprint density at radius 2 is 1.91 bits per heavy atom. The van der Waals surface area contributed by atoms with E-state index in [1.54, 1.807) is 24.1 Å². The molecule has 0 radical (unpaired) electrons. The third-order valence-corrected chi connectivity index (χ3v) is 10.1. The van der Waals surface area contributed by atoms with Crippen molar-refractivity contribution < 1.29 is 17.9 Å². The maximum atomic E-state index is 16.4. The summed E-state index contributed by atoms with van der Waals surface area (Å²) in [5.41, 5.74) is 0.545. The van der Waals surface area contributed by atoms with Gasteiger partial charge in [0.25, 0.3) is 0 Å². The van der Waals surface area contributed by atoms with Crippen LogP contribution in [0.1, 0.15) is 59.8 Å². The lowest BCUT2D eigenvalue weighted by molar-refractivity contribution is 0.107. The van der Waals surface area contributed by atoms with E-state index >= 15 is 8.78 Å². The van der Waals surface area contributed by atoms with E-state index in [9.17, 15) is 4.39 Å². The first-order chi connectivity index (χ1) is 21.9. The largest absolute Gasteiger partial charge is 0.461 e. The Labute approximate surface area is 268 Å². The number of nitrogens with zero attached hydrogens (tertiary/aromatic N) is 5. The van der Waals surface area contributed by atoms with Crippen LogP contribution in [-0.4, -0.2) is 80.4 Å². The number of hydrogen-bond acceptors (Lipinski definition) is 7. The van der Waals surface area contributed by atoms with Crippen LogP contribution in [0.2, 0.25) is 0 Å². The molecule has 2 aliphatic rings. The molecule has 3 aromatic heterocycles. The molecule has 7 nitrogen and oxygen atoms in total. The number of fused-ring (bicyclic) bond motifs is 3. The SMILES string of the molecule is CC.CCC(CC)N(CCNc1nc(OC[C@@]23CCCN2CC(F)C3)nc2c(F)c(-c3cccn4cccc34)c(F)cc12)SC. The topological polar surface area (TPSA) is 57.9 Å². The second-order valence-electron chi connectivity index (χ2n) is 11.6.